The molecule has 2 aromatic carbocycles. The number of aromatic nitrogens is 1. The molecule has 5 heteroatoms. The van der Waals surface area contributed by atoms with E-state index in [4.69, 9.17) is 19.9 Å². The van der Waals surface area contributed by atoms with Gasteiger partial charge in [0.2, 0.25) is 5.75 Å². The number of H-pyrrole nitrogens is 1. The standard InChI is InChI=1S/C25H34N2O3/c1-25(2,3)17-10-11-20-19(15-17)18(9-7-8-12-26)23(27-20)16-13-21(28-4)24(30-6)22(14-16)29-5/h10-11,13-15,27H,7-9,12,26H2,1-6H3. The zero-order chi connectivity index (χ0) is 21.9. The van der Waals surface area contributed by atoms with Gasteiger partial charge in [-0.25, -0.2) is 0 Å². The summed E-state index contributed by atoms with van der Waals surface area (Å²) in [6.45, 7) is 7.44. The molecule has 1 aromatic heterocycles. The Hall–Kier alpha value is -2.66. The molecule has 0 unspecified atom stereocenters. The lowest BCUT2D eigenvalue weighted by molar-refractivity contribution is 0.324. The number of hydrogen-bond donors (Lipinski definition) is 2. The van der Waals surface area contributed by atoms with Crippen molar-refractivity contribution >= 4 is 10.9 Å². The first-order chi connectivity index (χ1) is 14.3. The zero-order valence-corrected chi connectivity index (χ0v) is 19.0. The van der Waals surface area contributed by atoms with Gasteiger partial charge in [-0.2, -0.15) is 0 Å². The topological polar surface area (TPSA) is 69.5 Å². The van der Waals surface area contributed by atoms with Gasteiger partial charge in [-0.15, -0.1) is 0 Å². The lowest BCUT2D eigenvalue weighted by atomic mass is 9.86. The Kier molecular flexibility index (Phi) is 6.61. The van der Waals surface area contributed by atoms with Crippen LogP contribution in [0.5, 0.6) is 17.2 Å². The highest BCUT2D eigenvalue weighted by Crippen LogP contribution is 2.43. The molecular weight excluding hydrogens is 376 g/mol. The van der Waals surface area contributed by atoms with E-state index in [-0.39, 0.29) is 5.41 Å². The number of nitrogens with one attached hydrogen (secondary N) is 1. The number of aromatic amines is 1. The van der Waals surface area contributed by atoms with E-state index < -0.39 is 0 Å². The van der Waals surface area contributed by atoms with Gasteiger partial charge in [-0.3, -0.25) is 0 Å². The molecule has 3 N–H and O–H groups in total. The molecule has 0 saturated heterocycles. The van der Waals surface area contributed by atoms with E-state index in [2.05, 4.69) is 44.0 Å². The van der Waals surface area contributed by atoms with Crippen LogP contribution in [0.4, 0.5) is 0 Å². The predicted octanol–water partition coefficient (Wildman–Crippen LogP) is 5.44. The summed E-state index contributed by atoms with van der Waals surface area (Å²) < 4.78 is 16.7. The van der Waals surface area contributed by atoms with Gasteiger partial charge in [0.25, 0.3) is 0 Å². The molecule has 162 valence electrons. The van der Waals surface area contributed by atoms with Crippen LogP contribution in [-0.2, 0) is 11.8 Å². The number of nitrogens with two attached hydrogens (primary N) is 1. The molecule has 30 heavy (non-hydrogen) atoms. The molecule has 0 spiro atoms. The quantitative estimate of drug-likeness (QED) is 0.485. The fraction of sp³-hybridized carbons (Fsp3) is 0.440. The summed E-state index contributed by atoms with van der Waals surface area (Å²) in [6.07, 6.45) is 3.00. The molecule has 0 amide bonds. The lowest BCUT2D eigenvalue weighted by Gasteiger charge is -2.19. The summed E-state index contributed by atoms with van der Waals surface area (Å²) in [6, 6.07) is 10.7. The van der Waals surface area contributed by atoms with Gasteiger partial charge >= 0.3 is 0 Å². The summed E-state index contributed by atoms with van der Waals surface area (Å²) in [5, 5.41) is 1.27. The van der Waals surface area contributed by atoms with Crippen molar-refractivity contribution in [2.24, 2.45) is 5.73 Å². The van der Waals surface area contributed by atoms with E-state index in [0.29, 0.717) is 23.8 Å². The maximum Gasteiger partial charge on any atom is 0.203 e. The lowest BCUT2D eigenvalue weighted by Crippen LogP contribution is -2.10. The van der Waals surface area contributed by atoms with Crippen LogP contribution in [0.1, 0.15) is 44.7 Å². The number of benzene rings is 2. The SMILES string of the molecule is COc1cc(-c2[nH]c3ccc(C(C)(C)C)cc3c2CCCCN)cc(OC)c1OC. The number of hydrogen-bond acceptors (Lipinski definition) is 4. The second-order valence-electron chi connectivity index (χ2n) is 8.65. The minimum Gasteiger partial charge on any atom is -0.493 e. The Labute approximate surface area is 179 Å². The van der Waals surface area contributed by atoms with Gasteiger partial charge in [-0.1, -0.05) is 26.8 Å². The van der Waals surface area contributed by atoms with E-state index in [1.54, 1.807) is 21.3 Å². The highest BCUT2D eigenvalue weighted by molar-refractivity contribution is 5.92. The van der Waals surface area contributed by atoms with Crippen LogP contribution >= 0.6 is 0 Å². The molecule has 1 heterocycles. The smallest absolute Gasteiger partial charge is 0.203 e. The summed E-state index contributed by atoms with van der Waals surface area (Å²) in [4.78, 5) is 3.64. The number of unbranched alkanes of at least 4 members (excludes halogenated alkanes) is 1. The van der Waals surface area contributed by atoms with Crippen molar-refractivity contribution in [1.82, 2.24) is 4.98 Å². The van der Waals surface area contributed by atoms with Crippen LogP contribution in [0.3, 0.4) is 0 Å². The Bertz CT molecular complexity index is 990. The van der Waals surface area contributed by atoms with Gasteiger partial charge in [-0.05, 0) is 66.6 Å². The second-order valence-corrected chi connectivity index (χ2v) is 8.65. The molecule has 0 atom stereocenters. The molecular formula is C25H34N2O3. The Morgan fingerprint density at radius 2 is 1.57 bits per heavy atom. The molecule has 0 radical (unpaired) electrons. The van der Waals surface area contributed by atoms with E-state index in [1.165, 1.54) is 16.5 Å². The maximum atomic E-state index is 5.76. The molecule has 0 aliphatic carbocycles. The predicted molar refractivity (Wildman–Crippen MR) is 124 cm³/mol. The van der Waals surface area contributed by atoms with E-state index in [9.17, 15) is 0 Å². The summed E-state index contributed by atoms with van der Waals surface area (Å²) in [7, 11) is 4.91. The zero-order valence-electron chi connectivity index (χ0n) is 19.0. The molecule has 0 aliphatic heterocycles. The van der Waals surface area contributed by atoms with E-state index >= 15 is 0 Å². The normalized spacial score (nSPS) is 11.7. The van der Waals surface area contributed by atoms with Crippen LogP contribution in [0, 0.1) is 0 Å². The summed E-state index contributed by atoms with van der Waals surface area (Å²) in [5.74, 6) is 1.89. The Balaban J connectivity index is 2.23. The number of fused-ring (bicyclic) bond motifs is 1. The average molecular weight is 411 g/mol. The molecule has 5 nitrogen and oxygen atoms in total. The highest BCUT2D eigenvalue weighted by Gasteiger charge is 2.21. The van der Waals surface area contributed by atoms with E-state index in [0.717, 1.165) is 36.0 Å². The first-order valence-corrected chi connectivity index (χ1v) is 10.5. The minimum atomic E-state index is 0.0900. The minimum absolute atomic E-state index is 0.0900. The van der Waals surface area contributed by atoms with Gasteiger partial charge in [0.15, 0.2) is 11.5 Å². The number of ether oxygens (including phenoxy) is 3. The van der Waals surface area contributed by atoms with Gasteiger partial charge in [0.05, 0.1) is 21.3 Å². The highest BCUT2D eigenvalue weighted by atomic mass is 16.5. The molecule has 0 saturated carbocycles. The Morgan fingerprint density at radius 1 is 0.900 bits per heavy atom. The fourth-order valence-electron chi connectivity index (χ4n) is 3.89. The first-order valence-electron chi connectivity index (χ1n) is 10.5. The van der Waals surface area contributed by atoms with Crippen LogP contribution in [0.25, 0.3) is 22.2 Å². The van der Waals surface area contributed by atoms with Crippen molar-refractivity contribution in [1.29, 1.82) is 0 Å². The Morgan fingerprint density at radius 3 is 2.10 bits per heavy atom. The van der Waals surface area contributed by atoms with Crippen LogP contribution in [0.2, 0.25) is 0 Å². The third-order valence-electron chi connectivity index (χ3n) is 5.61. The van der Waals surface area contributed by atoms with Crippen molar-refractivity contribution < 1.29 is 14.2 Å². The van der Waals surface area contributed by atoms with Crippen LogP contribution in [0.15, 0.2) is 30.3 Å². The third-order valence-corrected chi connectivity index (χ3v) is 5.61. The van der Waals surface area contributed by atoms with Crippen molar-refractivity contribution in [3.63, 3.8) is 0 Å². The second kappa shape index (κ2) is 9.00. The summed E-state index contributed by atoms with van der Waals surface area (Å²) in [5.41, 5.74) is 11.7. The first kappa shape index (κ1) is 22.0. The van der Waals surface area contributed by atoms with Gasteiger partial charge < -0.3 is 24.9 Å². The molecule has 0 fully saturated rings. The maximum absolute atomic E-state index is 5.76. The molecule has 0 bridgehead atoms. The van der Waals surface area contributed by atoms with Gasteiger partial charge in [0.1, 0.15) is 0 Å². The van der Waals surface area contributed by atoms with Crippen molar-refractivity contribution in [2.75, 3.05) is 27.9 Å². The van der Waals surface area contributed by atoms with Crippen molar-refractivity contribution in [3.8, 4) is 28.5 Å². The van der Waals surface area contributed by atoms with Gasteiger partial charge in [0, 0.05) is 22.2 Å². The molecule has 0 aliphatic rings. The van der Waals surface area contributed by atoms with Crippen molar-refractivity contribution in [3.05, 3.63) is 41.5 Å². The summed E-state index contributed by atoms with van der Waals surface area (Å²) >= 11 is 0. The molecule has 3 aromatic rings. The monoisotopic (exact) mass is 410 g/mol. The van der Waals surface area contributed by atoms with E-state index in [1.807, 2.05) is 12.1 Å². The number of aryl methyl sites for hydroxylation is 1. The largest absolute Gasteiger partial charge is 0.493 e. The average Bonchev–Trinajstić information content (AvgIpc) is 3.10. The number of rotatable bonds is 8. The third kappa shape index (κ3) is 4.26. The number of methoxy groups -OCH3 is 3. The van der Waals surface area contributed by atoms with Crippen LogP contribution in [-0.4, -0.2) is 32.9 Å². The van der Waals surface area contributed by atoms with Crippen LogP contribution < -0.4 is 19.9 Å². The fourth-order valence-corrected chi connectivity index (χ4v) is 3.89. The molecule has 3 rings (SSSR count). The van der Waals surface area contributed by atoms with Crippen molar-refractivity contribution in [2.45, 2.75) is 45.4 Å².